The molecule has 7 atom stereocenters. The Hall–Kier alpha value is -0.663. The number of rotatable bonds is 12. The first kappa shape index (κ1) is 35.5. The topological polar surface area (TPSA) is 300 Å². The lowest BCUT2D eigenvalue weighted by molar-refractivity contribution is -0.0539. The molecule has 1 aromatic heterocycles. The Morgan fingerprint density at radius 2 is 1.50 bits per heavy atom. The Bertz CT molecular complexity index is 1380. The number of ether oxygens (including phenoxy) is 1. The van der Waals surface area contributed by atoms with Gasteiger partial charge >= 0.3 is 37.0 Å². The number of phosphoric acid groups is 4. The van der Waals surface area contributed by atoms with Crippen LogP contribution in [0.2, 0.25) is 18.1 Å². The van der Waals surface area contributed by atoms with E-state index in [1.165, 1.54) is 0 Å². The van der Waals surface area contributed by atoms with E-state index >= 15 is 0 Å². The molecule has 2 rings (SSSR count). The van der Waals surface area contributed by atoms with Crippen LogP contribution in [0.4, 0.5) is 0 Å². The van der Waals surface area contributed by atoms with Crippen LogP contribution in [0.5, 0.6) is 0 Å². The molecule has 0 radical (unpaired) electrons. The summed E-state index contributed by atoms with van der Waals surface area (Å²) >= 11 is 0. The van der Waals surface area contributed by atoms with Crippen molar-refractivity contribution in [3.63, 3.8) is 0 Å². The Balaban J connectivity index is 2.28. The summed E-state index contributed by atoms with van der Waals surface area (Å²) in [6, 6.07) is 0.968. The molecule has 1 saturated heterocycles. The van der Waals surface area contributed by atoms with Crippen molar-refractivity contribution in [1.82, 2.24) is 9.55 Å². The minimum absolute atomic E-state index is 0.422. The van der Waals surface area contributed by atoms with Gasteiger partial charge in [-0.2, -0.15) is 12.9 Å². The lowest BCUT2D eigenvalue weighted by atomic mass is 10.1. The van der Waals surface area contributed by atoms with E-state index in [0.29, 0.717) is 0 Å². The molecule has 0 spiro atoms. The van der Waals surface area contributed by atoms with E-state index in [4.69, 9.17) is 18.9 Å². The number of H-pyrrole nitrogens is 1. The van der Waals surface area contributed by atoms with E-state index < -0.39 is 87.0 Å². The predicted molar refractivity (Wildman–Crippen MR) is 134 cm³/mol. The molecular weight excluding hydrogens is 648 g/mol. The number of phosphoric ester groups is 1. The summed E-state index contributed by atoms with van der Waals surface area (Å²) in [4.78, 5) is 71.4. The van der Waals surface area contributed by atoms with Gasteiger partial charge in [0.05, 0.1) is 6.61 Å². The lowest BCUT2D eigenvalue weighted by Gasteiger charge is -2.40. The molecule has 25 heteroatoms. The summed E-state index contributed by atoms with van der Waals surface area (Å²) < 4.78 is 74.4. The van der Waals surface area contributed by atoms with Crippen LogP contribution in [0.15, 0.2) is 21.9 Å². The summed E-state index contributed by atoms with van der Waals surface area (Å²) in [6.07, 6.45) is -4.85. The molecule has 1 fully saturated rings. The highest BCUT2D eigenvalue weighted by atomic mass is 31.3. The quantitative estimate of drug-likeness (QED) is 0.118. The summed E-state index contributed by atoms with van der Waals surface area (Å²) in [6.45, 7) is 8.17. The van der Waals surface area contributed by atoms with Crippen LogP contribution in [-0.4, -0.2) is 72.4 Å². The Morgan fingerprint density at radius 1 is 0.975 bits per heavy atom. The molecule has 1 aromatic rings. The highest BCUT2D eigenvalue weighted by molar-refractivity contribution is 7.69. The van der Waals surface area contributed by atoms with E-state index in [1.54, 1.807) is 13.1 Å². The van der Waals surface area contributed by atoms with Crippen LogP contribution in [-0.2, 0) is 44.9 Å². The summed E-state index contributed by atoms with van der Waals surface area (Å²) in [5.74, 6) is 0. The Kier molecular flexibility index (Phi) is 10.8. The second-order valence-electron chi connectivity index (χ2n) is 9.85. The van der Waals surface area contributed by atoms with Crippen molar-refractivity contribution >= 4 is 39.6 Å². The molecule has 0 amide bonds. The van der Waals surface area contributed by atoms with Gasteiger partial charge in [0.15, 0.2) is 14.5 Å². The number of aliphatic hydroxyl groups is 1. The lowest BCUT2D eigenvalue weighted by Crippen LogP contribution is -2.50. The number of hydrogen-bond donors (Lipinski definition) is 7. The van der Waals surface area contributed by atoms with Gasteiger partial charge in [-0.05, 0) is 18.1 Å². The molecule has 0 bridgehead atoms. The minimum atomic E-state index is -6.05. The van der Waals surface area contributed by atoms with Crippen LogP contribution in [0.3, 0.4) is 0 Å². The second kappa shape index (κ2) is 12.1. The maximum atomic E-state index is 12.3. The molecule has 2 heterocycles. The van der Waals surface area contributed by atoms with Gasteiger partial charge in [-0.3, -0.25) is 18.9 Å². The van der Waals surface area contributed by atoms with Crippen LogP contribution in [0.1, 0.15) is 27.0 Å². The van der Waals surface area contributed by atoms with Crippen LogP contribution < -0.4 is 11.2 Å². The fraction of sp³-hybridized carbons (Fsp3) is 0.733. The van der Waals surface area contributed by atoms with Crippen molar-refractivity contribution in [2.75, 3.05) is 6.61 Å². The van der Waals surface area contributed by atoms with Crippen molar-refractivity contribution in [3.8, 4) is 0 Å². The van der Waals surface area contributed by atoms with Gasteiger partial charge in [0.2, 0.25) is 0 Å². The zero-order valence-electron chi connectivity index (χ0n) is 21.5. The van der Waals surface area contributed by atoms with E-state index in [1.807, 2.05) is 25.8 Å². The minimum Gasteiger partial charge on any atom is -0.408 e. The molecule has 1 aliphatic heterocycles. The van der Waals surface area contributed by atoms with Gasteiger partial charge in [0.1, 0.15) is 18.3 Å². The number of aliphatic hydroxyl groups excluding tert-OH is 1. The molecule has 232 valence electrons. The van der Waals surface area contributed by atoms with Gasteiger partial charge in [-0.1, -0.05) is 20.8 Å². The SMILES string of the molecule is CC(C)(C)[Si](C)(C)O[C@H]1[C@@H](O)[C@H](n2ccc(=O)[nH]c2=O)O[C@@H]1COP(=O)(O)OP(=O)(O)OP(=O)(O)OP(=O)(O)O. The third kappa shape index (κ3) is 9.96. The third-order valence-electron chi connectivity index (χ3n) is 5.70. The first-order valence-corrected chi connectivity index (χ1v) is 19.8. The van der Waals surface area contributed by atoms with E-state index in [0.717, 1.165) is 16.8 Å². The Labute approximate surface area is 227 Å². The zero-order chi connectivity index (χ0) is 31.1. The van der Waals surface area contributed by atoms with Crippen molar-refractivity contribution in [2.45, 2.75) is 63.4 Å². The molecule has 20 nitrogen and oxygen atoms in total. The number of aromatic amines is 1. The molecule has 1 aliphatic rings. The monoisotopic (exact) mass is 678 g/mol. The Morgan fingerprint density at radius 3 is 2.00 bits per heavy atom. The van der Waals surface area contributed by atoms with Gasteiger partial charge in [0, 0.05) is 12.3 Å². The largest absolute Gasteiger partial charge is 0.490 e. The van der Waals surface area contributed by atoms with Crippen molar-refractivity contribution in [3.05, 3.63) is 33.1 Å². The number of nitrogens with one attached hydrogen (secondary N) is 1. The summed E-state index contributed by atoms with van der Waals surface area (Å²) in [5.41, 5.74) is -1.71. The normalized spacial score (nSPS) is 27.1. The molecular formula is C15H30N2O18P4Si. The maximum absolute atomic E-state index is 12.3. The van der Waals surface area contributed by atoms with Gasteiger partial charge in [-0.15, -0.1) is 0 Å². The van der Waals surface area contributed by atoms with Crippen molar-refractivity contribution < 1.29 is 74.5 Å². The average Bonchev–Trinajstić information content (AvgIpc) is 2.97. The van der Waals surface area contributed by atoms with Crippen LogP contribution >= 0.6 is 31.3 Å². The number of hydrogen-bond acceptors (Lipinski definition) is 13. The van der Waals surface area contributed by atoms with Crippen LogP contribution in [0, 0.1) is 0 Å². The standard InChI is InChI=1S/C15H30N2O18P4Si/c1-15(2,3)40(4,5)32-12-9(31-13(11(12)19)17-7-6-10(18)16-14(17)20)8-30-37(24,25)34-39(28,29)35-38(26,27)33-36(21,22)23/h6-7,9,11-13,19H,8H2,1-5H3,(H,24,25)(H,26,27)(H,28,29)(H,16,18,20)(H2,21,22,23)/t9-,11-,12-,13-/m1/s1. The summed E-state index contributed by atoms with van der Waals surface area (Å²) in [5, 5.41) is 10.6. The molecule has 40 heavy (non-hydrogen) atoms. The smallest absolute Gasteiger partial charge is 0.408 e. The maximum Gasteiger partial charge on any atom is 0.490 e. The molecule has 3 unspecified atom stereocenters. The van der Waals surface area contributed by atoms with Gasteiger partial charge in [-0.25, -0.2) is 23.1 Å². The number of aromatic nitrogens is 2. The van der Waals surface area contributed by atoms with Crippen LogP contribution in [0.25, 0.3) is 0 Å². The van der Waals surface area contributed by atoms with E-state index in [2.05, 4.69) is 17.5 Å². The number of nitrogens with zero attached hydrogens (tertiary/aromatic N) is 1. The van der Waals surface area contributed by atoms with E-state index in [9.17, 15) is 47.6 Å². The van der Waals surface area contributed by atoms with Crippen molar-refractivity contribution in [2.24, 2.45) is 0 Å². The molecule has 0 aliphatic carbocycles. The third-order valence-corrected chi connectivity index (χ3v) is 15.6. The fourth-order valence-electron chi connectivity index (χ4n) is 2.99. The first-order valence-electron chi connectivity index (χ1n) is 10.9. The highest BCUT2D eigenvalue weighted by Gasteiger charge is 2.52. The fourth-order valence-corrected chi connectivity index (χ4v) is 8.78. The van der Waals surface area contributed by atoms with Crippen molar-refractivity contribution in [1.29, 1.82) is 0 Å². The highest BCUT2D eigenvalue weighted by Crippen LogP contribution is 2.70. The van der Waals surface area contributed by atoms with Gasteiger partial charge < -0.3 is 38.7 Å². The molecule has 7 N–H and O–H groups in total. The summed E-state index contributed by atoms with van der Waals surface area (Å²) in [7, 11) is -26.1. The van der Waals surface area contributed by atoms with E-state index in [-0.39, 0.29) is 0 Å². The zero-order valence-corrected chi connectivity index (χ0v) is 26.1. The molecule has 0 aromatic carbocycles. The second-order valence-corrected chi connectivity index (χ2v) is 20.6. The predicted octanol–water partition coefficient (Wildman–Crippen LogP) is 0.646. The first-order chi connectivity index (χ1) is 17.7. The van der Waals surface area contributed by atoms with Gasteiger partial charge in [0.25, 0.3) is 5.56 Å². The average molecular weight is 678 g/mol. The molecule has 0 saturated carbocycles.